The minimum Gasteiger partial charge on any atom is -0.362 e. The highest BCUT2D eigenvalue weighted by molar-refractivity contribution is 7.16. The number of carbonyl (C=O) groups excluding carboxylic acids is 1. The van der Waals surface area contributed by atoms with Gasteiger partial charge < -0.3 is 10.2 Å². The van der Waals surface area contributed by atoms with Gasteiger partial charge in [-0.15, -0.1) is 11.3 Å². The Hall–Kier alpha value is -2.32. The number of anilines is 2. The molecule has 2 aromatic rings. The van der Waals surface area contributed by atoms with Gasteiger partial charge in [-0.25, -0.2) is 0 Å². The van der Waals surface area contributed by atoms with Gasteiger partial charge in [0.1, 0.15) is 11.1 Å². The van der Waals surface area contributed by atoms with E-state index in [9.17, 15) is 10.1 Å². The molecule has 2 aliphatic rings. The summed E-state index contributed by atoms with van der Waals surface area (Å²) in [7, 11) is 0. The third kappa shape index (κ3) is 3.72. The first-order valence-electron chi connectivity index (χ1n) is 9.84. The van der Waals surface area contributed by atoms with Crippen molar-refractivity contribution in [3.05, 3.63) is 45.3 Å². The molecule has 4 rings (SSSR count). The molecule has 1 aromatic carbocycles. The van der Waals surface area contributed by atoms with E-state index in [0.29, 0.717) is 12.1 Å². The molecule has 1 aliphatic heterocycles. The van der Waals surface area contributed by atoms with Crippen LogP contribution in [-0.4, -0.2) is 19.0 Å². The number of aryl methyl sites for hydroxylation is 3. The lowest BCUT2D eigenvalue weighted by atomic mass is 9.99. The first kappa shape index (κ1) is 18.1. The molecule has 0 bridgehead atoms. The van der Waals surface area contributed by atoms with Gasteiger partial charge in [0.05, 0.1) is 12.1 Å². The normalized spacial score (nSPS) is 16.1. The predicted molar refractivity (Wildman–Crippen MR) is 111 cm³/mol. The average molecular weight is 380 g/mol. The Kier molecular flexibility index (Phi) is 5.18. The van der Waals surface area contributed by atoms with E-state index < -0.39 is 0 Å². The summed E-state index contributed by atoms with van der Waals surface area (Å²) in [5.74, 6) is -0.0312. The summed E-state index contributed by atoms with van der Waals surface area (Å²) in [6.07, 6.45) is 7.67. The molecule has 4 nitrogen and oxygen atoms in total. The molecule has 1 aliphatic carbocycles. The number of nitrogens with zero attached hydrogens (tertiary/aromatic N) is 2. The van der Waals surface area contributed by atoms with E-state index in [1.165, 1.54) is 40.1 Å². The lowest BCUT2D eigenvalue weighted by Gasteiger charge is -2.31. The number of nitriles is 1. The summed E-state index contributed by atoms with van der Waals surface area (Å²) < 4.78 is 0. The lowest BCUT2D eigenvalue weighted by Crippen LogP contribution is -2.36. The molecule has 0 saturated heterocycles. The van der Waals surface area contributed by atoms with Crippen LogP contribution in [0.3, 0.4) is 0 Å². The van der Waals surface area contributed by atoms with Crippen LogP contribution in [0.15, 0.2) is 18.2 Å². The number of nitrogens with one attached hydrogen (secondary N) is 1. The van der Waals surface area contributed by atoms with Crippen molar-refractivity contribution in [1.29, 1.82) is 5.26 Å². The maximum absolute atomic E-state index is 12.8. The van der Waals surface area contributed by atoms with Gasteiger partial charge >= 0.3 is 0 Å². The van der Waals surface area contributed by atoms with E-state index in [1.807, 2.05) is 0 Å². The number of fused-ring (bicyclic) bond motifs is 2. The van der Waals surface area contributed by atoms with Crippen molar-refractivity contribution in [2.75, 3.05) is 23.3 Å². The first-order chi connectivity index (χ1) is 13.2. The predicted octanol–water partition coefficient (Wildman–Crippen LogP) is 4.59. The van der Waals surface area contributed by atoms with E-state index in [4.69, 9.17) is 0 Å². The lowest BCUT2D eigenvalue weighted by molar-refractivity contribution is -0.115. The number of hydrogen-bond acceptors (Lipinski definition) is 4. The molecule has 0 unspecified atom stereocenters. The Morgan fingerprint density at radius 2 is 2.07 bits per heavy atom. The van der Waals surface area contributed by atoms with Crippen molar-refractivity contribution in [3.63, 3.8) is 0 Å². The molecule has 5 heteroatoms. The monoisotopic (exact) mass is 379 g/mol. The van der Waals surface area contributed by atoms with E-state index in [-0.39, 0.29) is 5.91 Å². The van der Waals surface area contributed by atoms with Crippen LogP contribution in [-0.2, 0) is 24.1 Å². The number of thiophene rings is 1. The highest BCUT2D eigenvalue weighted by Gasteiger charge is 2.23. The summed E-state index contributed by atoms with van der Waals surface area (Å²) in [5.41, 5.74) is 5.63. The van der Waals surface area contributed by atoms with Crippen molar-refractivity contribution in [3.8, 4) is 6.07 Å². The summed E-state index contributed by atoms with van der Waals surface area (Å²) in [6.45, 7) is 3.34. The highest BCUT2D eigenvalue weighted by atomic mass is 32.1. The smallest absolute Gasteiger partial charge is 0.244 e. The van der Waals surface area contributed by atoms with E-state index >= 15 is 0 Å². The van der Waals surface area contributed by atoms with Gasteiger partial charge in [0.2, 0.25) is 5.91 Å². The molecular formula is C22H25N3OS. The fourth-order valence-corrected chi connectivity index (χ4v) is 5.51. The quantitative estimate of drug-likeness (QED) is 0.794. The Balaban J connectivity index is 1.51. The number of benzene rings is 1. The molecule has 1 amide bonds. The Bertz CT molecular complexity index is 909. The van der Waals surface area contributed by atoms with Crippen LogP contribution in [0.4, 0.5) is 10.7 Å². The number of amides is 1. The Labute approximate surface area is 164 Å². The second-order valence-corrected chi connectivity index (χ2v) is 8.69. The second-order valence-electron chi connectivity index (χ2n) is 7.59. The van der Waals surface area contributed by atoms with Crippen LogP contribution in [0, 0.1) is 18.3 Å². The summed E-state index contributed by atoms with van der Waals surface area (Å²) in [6, 6.07) is 8.81. The van der Waals surface area contributed by atoms with Crippen LogP contribution in [0.1, 0.15) is 52.8 Å². The van der Waals surface area contributed by atoms with Crippen molar-refractivity contribution in [1.82, 2.24) is 0 Å². The molecule has 1 N–H and O–H groups in total. The topological polar surface area (TPSA) is 56.1 Å². The van der Waals surface area contributed by atoms with E-state index in [1.54, 1.807) is 11.3 Å². The number of carbonyl (C=O) groups is 1. The molecule has 140 valence electrons. The third-order valence-corrected chi connectivity index (χ3v) is 6.78. The number of hydrogen-bond donors (Lipinski definition) is 1. The van der Waals surface area contributed by atoms with Crippen molar-refractivity contribution in [2.24, 2.45) is 0 Å². The van der Waals surface area contributed by atoms with Crippen molar-refractivity contribution < 1.29 is 4.79 Å². The van der Waals surface area contributed by atoms with Gasteiger partial charge in [0.15, 0.2) is 0 Å². The molecular weight excluding hydrogens is 354 g/mol. The SMILES string of the molecule is Cc1ccc2c(c1)CCCN2CC(=O)Nc1sc2c(c1C#N)CCCCC2. The third-order valence-electron chi connectivity index (χ3n) is 5.57. The van der Waals surface area contributed by atoms with Gasteiger partial charge in [-0.05, 0) is 62.6 Å². The molecule has 1 aromatic heterocycles. The van der Waals surface area contributed by atoms with Crippen LogP contribution < -0.4 is 10.2 Å². The summed E-state index contributed by atoms with van der Waals surface area (Å²) >= 11 is 1.60. The zero-order valence-electron chi connectivity index (χ0n) is 15.8. The fourth-order valence-electron chi connectivity index (χ4n) is 4.26. The van der Waals surface area contributed by atoms with Crippen molar-refractivity contribution >= 4 is 27.9 Å². The van der Waals surface area contributed by atoms with Crippen LogP contribution >= 0.6 is 11.3 Å². The minimum atomic E-state index is -0.0312. The minimum absolute atomic E-state index is 0.0312. The zero-order valence-corrected chi connectivity index (χ0v) is 16.6. The van der Waals surface area contributed by atoms with E-state index in [0.717, 1.165) is 43.6 Å². The second kappa shape index (κ2) is 7.74. The largest absolute Gasteiger partial charge is 0.362 e. The molecule has 0 spiro atoms. The molecule has 2 heterocycles. The zero-order chi connectivity index (χ0) is 18.8. The summed E-state index contributed by atoms with van der Waals surface area (Å²) in [5, 5.41) is 13.4. The number of rotatable bonds is 3. The maximum atomic E-state index is 12.8. The Morgan fingerprint density at radius 3 is 2.93 bits per heavy atom. The highest BCUT2D eigenvalue weighted by Crippen LogP contribution is 2.37. The fraction of sp³-hybridized carbons (Fsp3) is 0.455. The first-order valence-corrected chi connectivity index (χ1v) is 10.7. The Morgan fingerprint density at radius 1 is 1.22 bits per heavy atom. The maximum Gasteiger partial charge on any atom is 0.244 e. The van der Waals surface area contributed by atoms with Gasteiger partial charge in [0, 0.05) is 17.1 Å². The van der Waals surface area contributed by atoms with Crippen molar-refractivity contribution in [2.45, 2.75) is 51.9 Å². The summed E-state index contributed by atoms with van der Waals surface area (Å²) in [4.78, 5) is 16.2. The van der Waals surface area contributed by atoms with Gasteiger partial charge in [-0.1, -0.05) is 24.1 Å². The molecule has 0 saturated carbocycles. The van der Waals surface area contributed by atoms with Gasteiger partial charge in [-0.3, -0.25) is 4.79 Å². The molecule has 27 heavy (non-hydrogen) atoms. The average Bonchev–Trinajstić information content (AvgIpc) is 2.81. The van der Waals surface area contributed by atoms with E-state index in [2.05, 4.69) is 41.4 Å². The molecule has 0 radical (unpaired) electrons. The molecule has 0 atom stereocenters. The van der Waals surface area contributed by atoms with Crippen LogP contribution in [0.25, 0.3) is 0 Å². The molecule has 0 fully saturated rings. The van der Waals surface area contributed by atoms with Crippen LogP contribution in [0.5, 0.6) is 0 Å². The van der Waals surface area contributed by atoms with Gasteiger partial charge in [0.25, 0.3) is 0 Å². The van der Waals surface area contributed by atoms with Gasteiger partial charge in [-0.2, -0.15) is 5.26 Å². The van der Waals surface area contributed by atoms with Crippen LogP contribution in [0.2, 0.25) is 0 Å². The standard InChI is InChI=1S/C22H25N3OS/c1-15-9-10-19-16(12-15)6-5-11-25(19)14-21(26)24-22-18(13-23)17-7-3-2-4-8-20(17)27-22/h9-10,12H,2-8,11,14H2,1H3,(H,24,26).